The smallest absolute Gasteiger partial charge is 0.255 e. The number of benzene rings is 3. The molecule has 3 aromatic carbocycles. The summed E-state index contributed by atoms with van der Waals surface area (Å²) in [5.74, 6) is -0.167. The number of anilines is 2. The lowest BCUT2D eigenvalue weighted by atomic mass is 10.1. The zero-order valence-corrected chi connectivity index (χ0v) is 18.2. The van der Waals surface area contributed by atoms with Gasteiger partial charge in [0.1, 0.15) is 0 Å². The Morgan fingerprint density at radius 1 is 0.900 bits per heavy atom. The molecule has 0 atom stereocenters. The van der Waals surface area contributed by atoms with Crippen molar-refractivity contribution in [2.75, 3.05) is 15.4 Å². The maximum absolute atomic E-state index is 12.7. The molecule has 5 nitrogen and oxygen atoms in total. The number of rotatable bonds is 7. The first-order chi connectivity index (χ1) is 14.3. The highest BCUT2D eigenvalue weighted by molar-refractivity contribution is 7.92. The van der Waals surface area contributed by atoms with E-state index in [-0.39, 0.29) is 18.2 Å². The standard InChI is InChI=1S/C24H26N2O3S/c1-4-30(28,29)26(23-15-10-18(2)19(3)16-23)17-20-11-13-22(14-12-20)25-24(27)21-8-6-5-7-9-21/h5-16H,4,17H2,1-3H3,(H,25,27). The van der Waals surface area contributed by atoms with Gasteiger partial charge < -0.3 is 5.32 Å². The van der Waals surface area contributed by atoms with Crippen molar-refractivity contribution in [3.63, 3.8) is 0 Å². The van der Waals surface area contributed by atoms with Gasteiger partial charge in [-0.3, -0.25) is 9.10 Å². The minimum absolute atomic E-state index is 0.0190. The molecule has 0 saturated carbocycles. The van der Waals surface area contributed by atoms with Gasteiger partial charge in [0.2, 0.25) is 10.0 Å². The number of hydrogen-bond acceptors (Lipinski definition) is 3. The summed E-state index contributed by atoms with van der Waals surface area (Å²) < 4.78 is 26.9. The Bertz CT molecular complexity index is 1120. The van der Waals surface area contributed by atoms with Gasteiger partial charge in [-0.15, -0.1) is 0 Å². The number of amides is 1. The van der Waals surface area contributed by atoms with Crippen LogP contribution in [0.2, 0.25) is 0 Å². The summed E-state index contributed by atoms with van der Waals surface area (Å²) in [6.07, 6.45) is 0. The van der Waals surface area contributed by atoms with Crippen molar-refractivity contribution in [2.45, 2.75) is 27.3 Å². The van der Waals surface area contributed by atoms with Gasteiger partial charge in [-0.2, -0.15) is 0 Å². The van der Waals surface area contributed by atoms with Crippen LogP contribution in [-0.2, 0) is 16.6 Å². The number of nitrogens with zero attached hydrogens (tertiary/aromatic N) is 1. The van der Waals surface area contributed by atoms with Crippen molar-refractivity contribution in [2.24, 2.45) is 0 Å². The Morgan fingerprint density at radius 3 is 2.17 bits per heavy atom. The summed E-state index contributed by atoms with van der Waals surface area (Å²) in [6.45, 7) is 5.84. The quantitative estimate of drug-likeness (QED) is 0.588. The molecule has 0 spiro atoms. The molecule has 3 rings (SSSR count). The Labute approximate surface area is 178 Å². The fraction of sp³-hybridized carbons (Fsp3) is 0.208. The molecule has 0 fully saturated rings. The third-order valence-corrected chi connectivity index (χ3v) is 6.79. The van der Waals surface area contributed by atoms with Gasteiger partial charge in [0.05, 0.1) is 18.0 Å². The molecular weight excluding hydrogens is 396 g/mol. The van der Waals surface area contributed by atoms with Crippen LogP contribution in [0.1, 0.15) is 34.0 Å². The van der Waals surface area contributed by atoms with Crippen LogP contribution >= 0.6 is 0 Å². The highest BCUT2D eigenvalue weighted by Crippen LogP contribution is 2.25. The Kier molecular flexibility index (Phi) is 6.57. The fourth-order valence-electron chi connectivity index (χ4n) is 3.04. The van der Waals surface area contributed by atoms with Crippen LogP contribution in [-0.4, -0.2) is 20.1 Å². The van der Waals surface area contributed by atoms with Crippen LogP contribution in [0, 0.1) is 13.8 Å². The molecule has 0 bridgehead atoms. The predicted molar refractivity (Wildman–Crippen MR) is 122 cm³/mol. The number of hydrogen-bond donors (Lipinski definition) is 1. The molecule has 0 aliphatic rings. The summed E-state index contributed by atoms with van der Waals surface area (Å²) in [7, 11) is -3.44. The minimum Gasteiger partial charge on any atom is -0.322 e. The molecule has 0 radical (unpaired) electrons. The van der Waals surface area contributed by atoms with Gasteiger partial charge in [-0.25, -0.2) is 8.42 Å². The zero-order chi connectivity index (χ0) is 21.7. The van der Waals surface area contributed by atoms with Crippen molar-refractivity contribution in [1.29, 1.82) is 0 Å². The van der Waals surface area contributed by atoms with Crippen LogP contribution in [0.15, 0.2) is 72.8 Å². The molecule has 0 saturated heterocycles. The molecule has 156 valence electrons. The average Bonchev–Trinajstić information content (AvgIpc) is 2.75. The lowest BCUT2D eigenvalue weighted by molar-refractivity contribution is 0.102. The predicted octanol–water partition coefficient (Wildman–Crippen LogP) is 4.91. The van der Waals surface area contributed by atoms with E-state index in [1.165, 1.54) is 4.31 Å². The third kappa shape index (κ3) is 5.07. The van der Waals surface area contributed by atoms with E-state index in [1.807, 2.05) is 62.4 Å². The number of sulfonamides is 1. The van der Waals surface area contributed by atoms with Gasteiger partial charge in [-0.1, -0.05) is 36.4 Å². The van der Waals surface area contributed by atoms with Crippen LogP contribution < -0.4 is 9.62 Å². The average molecular weight is 423 g/mol. The van der Waals surface area contributed by atoms with E-state index in [2.05, 4.69) is 5.32 Å². The first-order valence-electron chi connectivity index (χ1n) is 9.83. The zero-order valence-electron chi connectivity index (χ0n) is 17.4. The van der Waals surface area contributed by atoms with Crippen LogP contribution in [0.4, 0.5) is 11.4 Å². The van der Waals surface area contributed by atoms with Crippen molar-refractivity contribution in [3.8, 4) is 0 Å². The Morgan fingerprint density at radius 2 is 1.57 bits per heavy atom. The van der Waals surface area contributed by atoms with Gasteiger partial charge in [0, 0.05) is 11.3 Å². The molecule has 1 amide bonds. The van der Waals surface area contributed by atoms with E-state index >= 15 is 0 Å². The minimum atomic E-state index is -3.44. The van der Waals surface area contributed by atoms with Crippen molar-refractivity contribution >= 4 is 27.3 Å². The summed E-state index contributed by atoms with van der Waals surface area (Å²) in [5, 5.41) is 2.85. The first kappa shape index (κ1) is 21.6. The van der Waals surface area contributed by atoms with E-state index in [0.717, 1.165) is 16.7 Å². The SMILES string of the molecule is CCS(=O)(=O)N(Cc1ccc(NC(=O)c2ccccc2)cc1)c1ccc(C)c(C)c1. The fourth-order valence-corrected chi connectivity index (χ4v) is 4.13. The molecule has 0 aromatic heterocycles. The van der Waals surface area contributed by atoms with E-state index in [0.29, 0.717) is 16.9 Å². The summed E-state index contributed by atoms with van der Waals surface area (Å²) in [5.41, 5.74) is 4.89. The molecule has 0 aliphatic heterocycles. The molecule has 3 aromatic rings. The second-order valence-corrected chi connectivity index (χ2v) is 9.37. The maximum Gasteiger partial charge on any atom is 0.255 e. The molecule has 30 heavy (non-hydrogen) atoms. The van der Waals surface area contributed by atoms with Crippen LogP contribution in [0.25, 0.3) is 0 Å². The summed E-state index contributed by atoms with van der Waals surface area (Å²) in [6, 6.07) is 21.9. The molecule has 0 heterocycles. The maximum atomic E-state index is 12.7. The topological polar surface area (TPSA) is 66.5 Å². The normalized spacial score (nSPS) is 11.2. The third-order valence-electron chi connectivity index (χ3n) is 5.05. The van der Waals surface area contributed by atoms with Gasteiger partial charge in [-0.05, 0) is 73.9 Å². The van der Waals surface area contributed by atoms with E-state index in [9.17, 15) is 13.2 Å². The lowest BCUT2D eigenvalue weighted by Gasteiger charge is -2.25. The largest absolute Gasteiger partial charge is 0.322 e. The van der Waals surface area contributed by atoms with E-state index < -0.39 is 10.0 Å². The van der Waals surface area contributed by atoms with Gasteiger partial charge in [0.25, 0.3) is 5.91 Å². The van der Waals surface area contributed by atoms with Crippen LogP contribution in [0.3, 0.4) is 0 Å². The number of nitrogens with one attached hydrogen (secondary N) is 1. The number of carbonyl (C=O) groups is 1. The van der Waals surface area contributed by atoms with Crippen molar-refractivity contribution < 1.29 is 13.2 Å². The monoisotopic (exact) mass is 422 g/mol. The second kappa shape index (κ2) is 9.13. The highest BCUT2D eigenvalue weighted by Gasteiger charge is 2.21. The summed E-state index contributed by atoms with van der Waals surface area (Å²) in [4.78, 5) is 12.3. The highest BCUT2D eigenvalue weighted by atomic mass is 32.2. The van der Waals surface area contributed by atoms with E-state index in [1.54, 1.807) is 31.2 Å². The molecular formula is C24H26N2O3S. The molecule has 0 aliphatic carbocycles. The number of aryl methyl sites for hydroxylation is 2. The second-order valence-electron chi connectivity index (χ2n) is 7.19. The first-order valence-corrected chi connectivity index (χ1v) is 11.4. The molecule has 6 heteroatoms. The molecule has 1 N–H and O–H groups in total. The van der Waals surface area contributed by atoms with Crippen molar-refractivity contribution in [1.82, 2.24) is 0 Å². The van der Waals surface area contributed by atoms with Gasteiger partial charge >= 0.3 is 0 Å². The lowest BCUT2D eigenvalue weighted by Crippen LogP contribution is -2.32. The Hall–Kier alpha value is -3.12. The van der Waals surface area contributed by atoms with E-state index in [4.69, 9.17) is 0 Å². The van der Waals surface area contributed by atoms with Gasteiger partial charge in [0.15, 0.2) is 0 Å². The molecule has 0 unspecified atom stereocenters. The van der Waals surface area contributed by atoms with Crippen LogP contribution in [0.5, 0.6) is 0 Å². The number of carbonyl (C=O) groups excluding carboxylic acids is 1. The Balaban J connectivity index is 1.80. The summed E-state index contributed by atoms with van der Waals surface area (Å²) >= 11 is 0. The van der Waals surface area contributed by atoms with Crippen molar-refractivity contribution in [3.05, 3.63) is 95.1 Å².